The van der Waals surface area contributed by atoms with Gasteiger partial charge in [-0.05, 0) is 31.9 Å². The minimum atomic E-state index is 0.142. The van der Waals surface area contributed by atoms with Crippen molar-refractivity contribution in [1.29, 1.82) is 0 Å². The van der Waals surface area contributed by atoms with Gasteiger partial charge in [0.15, 0.2) is 0 Å². The normalized spacial score (nSPS) is 18.7. The highest BCUT2D eigenvalue weighted by atomic mass is 16.5. The zero-order chi connectivity index (χ0) is 20.2. The summed E-state index contributed by atoms with van der Waals surface area (Å²) in [5.41, 5.74) is 1.99. The van der Waals surface area contributed by atoms with Crippen LogP contribution in [0.5, 0.6) is 5.88 Å². The van der Waals surface area contributed by atoms with E-state index in [-0.39, 0.29) is 12.0 Å². The number of rotatable bonds is 4. The fourth-order valence-electron chi connectivity index (χ4n) is 4.24. The molecule has 2 aromatic heterocycles. The molecule has 2 fully saturated rings. The Morgan fingerprint density at radius 3 is 2.45 bits per heavy atom. The van der Waals surface area contributed by atoms with E-state index in [4.69, 9.17) is 4.74 Å². The Labute approximate surface area is 172 Å². The number of hydrogen-bond acceptors (Lipinski definition) is 6. The van der Waals surface area contributed by atoms with Gasteiger partial charge in [-0.15, -0.1) is 0 Å². The first-order chi connectivity index (χ1) is 14.1. The topological polar surface area (TPSA) is 71.5 Å². The fourth-order valence-corrected chi connectivity index (χ4v) is 4.24. The Balaban J connectivity index is 1.37. The van der Waals surface area contributed by atoms with Crippen molar-refractivity contribution in [3.05, 3.63) is 42.0 Å². The van der Waals surface area contributed by atoms with Gasteiger partial charge in [0.05, 0.1) is 0 Å². The van der Waals surface area contributed by atoms with Gasteiger partial charge in [0, 0.05) is 69.9 Å². The van der Waals surface area contributed by atoms with E-state index in [0.717, 1.165) is 69.1 Å². The molecule has 7 nitrogen and oxygen atoms in total. The molecule has 0 spiro atoms. The van der Waals surface area contributed by atoms with Crippen molar-refractivity contribution >= 4 is 11.7 Å². The van der Waals surface area contributed by atoms with Crippen LogP contribution >= 0.6 is 0 Å². The first-order valence-electron chi connectivity index (χ1n) is 10.5. The number of carbonyl (C=O) groups is 1. The molecule has 2 aliphatic rings. The molecule has 154 valence electrons. The second kappa shape index (κ2) is 8.76. The molecule has 0 radical (unpaired) electrons. The van der Waals surface area contributed by atoms with Crippen LogP contribution < -0.4 is 9.64 Å². The lowest BCUT2D eigenvalue weighted by Crippen LogP contribution is -2.39. The molecule has 29 heavy (non-hydrogen) atoms. The number of ether oxygens (including phenoxy) is 1. The van der Waals surface area contributed by atoms with Crippen LogP contribution in [-0.4, -0.2) is 58.0 Å². The van der Waals surface area contributed by atoms with Gasteiger partial charge in [0.25, 0.3) is 0 Å². The van der Waals surface area contributed by atoms with Crippen molar-refractivity contribution in [1.82, 2.24) is 19.9 Å². The molecule has 4 rings (SSSR count). The summed E-state index contributed by atoms with van der Waals surface area (Å²) in [7, 11) is 0. The Morgan fingerprint density at radius 2 is 1.76 bits per heavy atom. The minimum Gasteiger partial charge on any atom is -0.473 e. The average Bonchev–Trinajstić information content (AvgIpc) is 2.75. The number of pyridine rings is 1. The number of likely N-dealkylation sites (tertiary alicyclic amines) is 1. The number of piperidine rings is 2. The number of amides is 1. The molecule has 1 amide bonds. The van der Waals surface area contributed by atoms with E-state index in [2.05, 4.69) is 32.0 Å². The highest BCUT2D eigenvalue weighted by Crippen LogP contribution is 2.32. The van der Waals surface area contributed by atoms with E-state index < -0.39 is 0 Å². The molecular formula is C22H29N5O2. The molecule has 2 aliphatic heterocycles. The predicted octanol–water partition coefficient (Wildman–Crippen LogP) is 2.95. The van der Waals surface area contributed by atoms with Gasteiger partial charge in [0.1, 0.15) is 17.6 Å². The van der Waals surface area contributed by atoms with Gasteiger partial charge < -0.3 is 14.5 Å². The second-order valence-electron chi connectivity index (χ2n) is 7.97. The van der Waals surface area contributed by atoms with Crippen LogP contribution in [0.2, 0.25) is 0 Å². The third kappa shape index (κ3) is 4.66. The Bertz CT molecular complexity index is 843. The monoisotopic (exact) mass is 395 g/mol. The van der Waals surface area contributed by atoms with Crippen LogP contribution in [-0.2, 0) is 4.79 Å². The molecule has 0 aliphatic carbocycles. The van der Waals surface area contributed by atoms with Gasteiger partial charge in [-0.25, -0.2) is 9.97 Å². The smallest absolute Gasteiger partial charge is 0.236 e. The van der Waals surface area contributed by atoms with Crippen molar-refractivity contribution < 1.29 is 9.53 Å². The van der Waals surface area contributed by atoms with Gasteiger partial charge in [-0.3, -0.25) is 9.78 Å². The number of aryl methyl sites for hydroxylation is 1. The summed E-state index contributed by atoms with van der Waals surface area (Å²) in [6.45, 7) is 7.06. The summed E-state index contributed by atoms with van der Waals surface area (Å²) in [5, 5.41) is 0. The van der Waals surface area contributed by atoms with Crippen LogP contribution in [0.1, 0.15) is 49.9 Å². The molecule has 7 heteroatoms. The molecule has 0 aromatic carbocycles. The van der Waals surface area contributed by atoms with Crippen LogP contribution in [0.25, 0.3) is 0 Å². The van der Waals surface area contributed by atoms with Crippen molar-refractivity contribution in [2.75, 3.05) is 31.1 Å². The average molecular weight is 396 g/mol. The zero-order valence-electron chi connectivity index (χ0n) is 17.3. The lowest BCUT2D eigenvalue weighted by molar-refractivity contribution is -0.129. The van der Waals surface area contributed by atoms with E-state index in [9.17, 15) is 4.79 Å². The Hall–Kier alpha value is -2.70. The summed E-state index contributed by atoms with van der Waals surface area (Å²) < 4.78 is 6.32. The molecular weight excluding hydrogens is 366 g/mol. The summed E-state index contributed by atoms with van der Waals surface area (Å²) in [4.78, 5) is 29.5. The molecule has 2 saturated heterocycles. The van der Waals surface area contributed by atoms with Crippen molar-refractivity contribution in [3.8, 4) is 5.88 Å². The lowest BCUT2D eigenvalue weighted by atomic mass is 9.93. The first kappa shape index (κ1) is 19.6. The standard InChI is InChI=1S/C22H29N5O2/c1-16-4-3-5-20(25-16)27-14-8-19(9-15-27)29-22-21(23-10-11-24-22)18-6-12-26(13-7-18)17(2)28/h3-5,10-11,18-19H,6-9,12-15H2,1-2H3. The molecule has 0 bridgehead atoms. The first-order valence-corrected chi connectivity index (χ1v) is 10.5. The van der Waals surface area contributed by atoms with E-state index in [1.807, 2.05) is 17.9 Å². The van der Waals surface area contributed by atoms with E-state index in [1.165, 1.54) is 0 Å². The van der Waals surface area contributed by atoms with Crippen LogP contribution in [0.15, 0.2) is 30.6 Å². The number of anilines is 1. The number of aromatic nitrogens is 3. The highest BCUT2D eigenvalue weighted by molar-refractivity contribution is 5.73. The van der Waals surface area contributed by atoms with Crippen LogP contribution in [0.4, 0.5) is 5.82 Å². The maximum absolute atomic E-state index is 11.6. The third-order valence-electron chi connectivity index (χ3n) is 5.94. The molecule has 4 heterocycles. The summed E-state index contributed by atoms with van der Waals surface area (Å²) in [5.74, 6) is 2.15. The molecule has 0 saturated carbocycles. The molecule has 0 N–H and O–H groups in total. The van der Waals surface area contributed by atoms with Gasteiger partial charge in [-0.1, -0.05) is 6.07 Å². The van der Waals surface area contributed by atoms with Crippen LogP contribution in [0.3, 0.4) is 0 Å². The number of carbonyl (C=O) groups excluding carboxylic acids is 1. The maximum atomic E-state index is 11.6. The maximum Gasteiger partial charge on any atom is 0.236 e. The minimum absolute atomic E-state index is 0.142. The van der Waals surface area contributed by atoms with Crippen molar-refractivity contribution in [3.63, 3.8) is 0 Å². The SMILES string of the molecule is CC(=O)N1CCC(c2nccnc2OC2CCN(c3cccc(C)n3)CC2)CC1. The molecule has 0 atom stereocenters. The van der Waals surface area contributed by atoms with E-state index in [0.29, 0.717) is 11.8 Å². The van der Waals surface area contributed by atoms with Crippen molar-refractivity contribution in [2.45, 2.75) is 51.6 Å². The van der Waals surface area contributed by atoms with Crippen LogP contribution in [0, 0.1) is 6.92 Å². The summed E-state index contributed by atoms with van der Waals surface area (Å²) in [6, 6.07) is 6.15. The van der Waals surface area contributed by atoms with Gasteiger partial charge >= 0.3 is 0 Å². The fraction of sp³-hybridized carbons (Fsp3) is 0.545. The molecule has 2 aromatic rings. The Morgan fingerprint density at radius 1 is 1.03 bits per heavy atom. The third-order valence-corrected chi connectivity index (χ3v) is 5.94. The lowest BCUT2D eigenvalue weighted by Gasteiger charge is -2.34. The Kier molecular flexibility index (Phi) is 5.92. The van der Waals surface area contributed by atoms with E-state index >= 15 is 0 Å². The van der Waals surface area contributed by atoms with Crippen molar-refractivity contribution in [2.24, 2.45) is 0 Å². The molecule has 0 unspecified atom stereocenters. The quantitative estimate of drug-likeness (QED) is 0.793. The zero-order valence-corrected chi connectivity index (χ0v) is 17.3. The van der Waals surface area contributed by atoms with E-state index in [1.54, 1.807) is 19.3 Å². The summed E-state index contributed by atoms with van der Waals surface area (Å²) >= 11 is 0. The number of nitrogens with zero attached hydrogens (tertiary/aromatic N) is 5. The highest BCUT2D eigenvalue weighted by Gasteiger charge is 2.28. The van der Waals surface area contributed by atoms with Gasteiger partial charge in [0.2, 0.25) is 11.8 Å². The van der Waals surface area contributed by atoms with Gasteiger partial charge in [-0.2, -0.15) is 0 Å². The second-order valence-corrected chi connectivity index (χ2v) is 7.97. The summed E-state index contributed by atoms with van der Waals surface area (Å²) in [6.07, 6.45) is 7.28. The number of hydrogen-bond donors (Lipinski definition) is 0. The predicted molar refractivity (Wildman–Crippen MR) is 111 cm³/mol. The largest absolute Gasteiger partial charge is 0.473 e.